The van der Waals surface area contributed by atoms with Gasteiger partial charge in [-0.3, -0.25) is 4.84 Å². The quantitative estimate of drug-likeness (QED) is 0.823. The van der Waals surface area contributed by atoms with Crippen LogP contribution < -0.4 is 0 Å². The van der Waals surface area contributed by atoms with Crippen molar-refractivity contribution in [3.05, 3.63) is 33.8 Å². The monoisotopic (exact) mass is 283 g/mol. The van der Waals surface area contributed by atoms with Crippen molar-refractivity contribution < 1.29 is 4.84 Å². The number of rotatable bonds is 2. The summed E-state index contributed by atoms with van der Waals surface area (Å²) in [6.45, 7) is 9.32. The summed E-state index contributed by atoms with van der Waals surface area (Å²) in [6, 6.07) is 6.40. The first-order chi connectivity index (χ1) is 7.46. The molecule has 16 heavy (non-hydrogen) atoms. The topological polar surface area (TPSA) is 12.5 Å². The number of halogens is 1. The van der Waals surface area contributed by atoms with Crippen LogP contribution in [0.25, 0.3) is 0 Å². The minimum atomic E-state index is 0.281. The Hall–Kier alpha value is -0.380. The van der Waals surface area contributed by atoms with E-state index in [4.69, 9.17) is 4.84 Å². The van der Waals surface area contributed by atoms with Crippen molar-refractivity contribution in [1.82, 2.24) is 5.06 Å². The summed E-state index contributed by atoms with van der Waals surface area (Å²) in [7, 11) is 0. The lowest BCUT2D eigenvalue weighted by molar-refractivity contribution is -0.118. The minimum absolute atomic E-state index is 0.281. The Morgan fingerprint density at radius 1 is 1.44 bits per heavy atom. The van der Waals surface area contributed by atoms with Crippen LogP contribution in [0.4, 0.5) is 0 Å². The van der Waals surface area contributed by atoms with Crippen LogP contribution in [0.5, 0.6) is 0 Å². The molecule has 0 amide bonds. The van der Waals surface area contributed by atoms with Crippen LogP contribution in [0.3, 0.4) is 0 Å². The molecule has 3 heteroatoms. The maximum absolute atomic E-state index is 5.68. The van der Waals surface area contributed by atoms with Gasteiger partial charge in [0, 0.05) is 23.0 Å². The minimum Gasteiger partial charge on any atom is -0.298 e. The molecule has 88 valence electrons. The molecule has 0 saturated carbocycles. The van der Waals surface area contributed by atoms with E-state index in [0.717, 1.165) is 24.2 Å². The molecule has 1 aromatic carbocycles. The summed E-state index contributed by atoms with van der Waals surface area (Å²) in [5.74, 6) is 0. The van der Waals surface area contributed by atoms with Crippen molar-refractivity contribution in [3.8, 4) is 0 Å². The summed E-state index contributed by atoms with van der Waals surface area (Å²) >= 11 is 3.48. The second-order valence-corrected chi connectivity index (χ2v) is 6.22. The zero-order valence-electron chi connectivity index (χ0n) is 10.1. The fraction of sp³-hybridized carbons (Fsp3) is 0.538. The molecule has 0 aliphatic carbocycles. The highest BCUT2D eigenvalue weighted by Crippen LogP contribution is 2.27. The maximum Gasteiger partial charge on any atom is 0.0749 e. The van der Waals surface area contributed by atoms with Gasteiger partial charge in [-0.2, -0.15) is 5.06 Å². The van der Waals surface area contributed by atoms with E-state index in [-0.39, 0.29) is 5.41 Å². The van der Waals surface area contributed by atoms with Crippen LogP contribution in [-0.2, 0) is 11.4 Å². The molecular weight excluding hydrogens is 266 g/mol. The lowest BCUT2D eigenvalue weighted by Crippen LogP contribution is -2.22. The van der Waals surface area contributed by atoms with E-state index in [0.29, 0.717) is 0 Å². The highest BCUT2D eigenvalue weighted by Gasteiger charge is 2.30. The molecule has 1 saturated heterocycles. The Morgan fingerprint density at radius 2 is 2.19 bits per heavy atom. The van der Waals surface area contributed by atoms with Gasteiger partial charge in [0.05, 0.1) is 6.61 Å². The average molecular weight is 284 g/mol. The third kappa shape index (κ3) is 2.84. The van der Waals surface area contributed by atoms with Gasteiger partial charge in [0.2, 0.25) is 0 Å². The predicted molar refractivity (Wildman–Crippen MR) is 69.0 cm³/mol. The fourth-order valence-corrected chi connectivity index (χ4v) is 2.44. The van der Waals surface area contributed by atoms with Crippen LogP contribution in [0, 0.1) is 12.3 Å². The number of hydrogen-bond donors (Lipinski definition) is 0. The SMILES string of the molecule is Cc1cc(Br)ccc1CN1CC(C)(C)CO1. The van der Waals surface area contributed by atoms with Crippen molar-refractivity contribution in [2.75, 3.05) is 13.2 Å². The summed E-state index contributed by atoms with van der Waals surface area (Å²) in [4.78, 5) is 5.68. The molecule has 0 unspecified atom stereocenters. The summed E-state index contributed by atoms with van der Waals surface area (Å²) in [5.41, 5.74) is 2.92. The zero-order chi connectivity index (χ0) is 11.8. The second-order valence-electron chi connectivity index (χ2n) is 5.31. The van der Waals surface area contributed by atoms with E-state index in [9.17, 15) is 0 Å². The molecule has 2 rings (SSSR count). The Bertz CT molecular complexity index is 390. The van der Waals surface area contributed by atoms with Gasteiger partial charge in [0.15, 0.2) is 0 Å². The third-order valence-corrected chi connectivity index (χ3v) is 3.39. The Morgan fingerprint density at radius 3 is 2.75 bits per heavy atom. The number of hydroxylamine groups is 2. The first-order valence-electron chi connectivity index (χ1n) is 5.59. The Balaban J connectivity index is 2.05. The van der Waals surface area contributed by atoms with Crippen LogP contribution in [0.2, 0.25) is 0 Å². The van der Waals surface area contributed by atoms with Crippen LogP contribution in [0.15, 0.2) is 22.7 Å². The fourth-order valence-electron chi connectivity index (χ4n) is 1.96. The van der Waals surface area contributed by atoms with Crippen molar-refractivity contribution >= 4 is 15.9 Å². The molecule has 1 heterocycles. The van der Waals surface area contributed by atoms with Crippen molar-refractivity contribution in [3.63, 3.8) is 0 Å². The molecule has 0 aromatic heterocycles. The van der Waals surface area contributed by atoms with Gasteiger partial charge in [-0.1, -0.05) is 35.8 Å². The summed E-state index contributed by atoms with van der Waals surface area (Å²) in [5, 5.41) is 2.07. The lowest BCUT2D eigenvalue weighted by atomic mass is 9.96. The van der Waals surface area contributed by atoms with Crippen LogP contribution in [-0.4, -0.2) is 18.2 Å². The normalized spacial score (nSPS) is 20.2. The number of hydrogen-bond acceptors (Lipinski definition) is 2. The zero-order valence-corrected chi connectivity index (χ0v) is 11.7. The molecule has 1 fully saturated rings. The summed E-state index contributed by atoms with van der Waals surface area (Å²) < 4.78 is 1.14. The number of aryl methyl sites for hydroxylation is 1. The van der Waals surface area contributed by atoms with E-state index >= 15 is 0 Å². The lowest BCUT2D eigenvalue weighted by Gasteiger charge is -2.17. The Labute approximate surface area is 106 Å². The first kappa shape index (κ1) is 12.1. The van der Waals surface area contributed by atoms with E-state index in [1.807, 2.05) is 0 Å². The van der Waals surface area contributed by atoms with E-state index < -0.39 is 0 Å². The largest absolute Gasteiger partial charge is 0.298 e. The number of benzene rings is 1. The van der Waals surface area contributed by atoms with Gasteiger partial charge >= 0.3 is 0 Å². The molecule has 2 nitrogen and oxygen atoms in total. The smallest absolute Gasteiger partial charge is 0.0749 e. The predicted octanol–water partition coefficient (Wildman–Crippen LogP) is 3.53. The Kier molecular flexibility index (Phi) is 3.38. The van der Waals surface area contributed by atoms with Gasteiger partial charge < -0.3 is 0 Å². The molecule has 0 radical (unpaired) electrons. The summed E-state index contributed by atoms with van der Waals surface area (Å²) in [6.07, 6.45) is 0. The molecule has 0 spiro atoms. The van der Waals surface area contributed by atoms with Crippen molar-refractivity contribution in [1.29, 1.82) is 0 Å². The third-order valence-electron chi connectivity index (χ3n) is 2.89. The van der Waals surface area contributed by atoms with Gasteiger partial charge in [-0.25, -0.2) is 0 Å². The number of nitrogens with zero attached hydrogens (tertiary/aromatic N) is 1. The highest BCUT2D eigenvalue weighted by molar-refractivity contribution is 9.10. The van der Waals surface area contributed by atoms with Gasteiger partial charge in [0.25, 0.3) is 0 Å². The molecule has 0 bridgehead atoms. The van der Waals surface area contributed by atoms with Gasteiger partial charge in [-0.05, 0) is 30.2 Å². The van der Waals surface area contributed by atoms with E-state index in [1.54, 1.807) is 0 Å². The van der Waals surface area contributed by atoms with Gasteiger partial charge in [0.1, 0.15) is 0 Å². The van der Waals surface area contributed by atoms with Crippen LogP contribution in [0.1, 0.15) is 25.0 Å². The molecule has 1 aliphatic heterocycles. The highest BCUT2D eigenvalue weighted by atomic mass is 79.9. The van der Waals surface area contributed by atoms with Gasteiger partial charge in [-0.15, -0.1) is 0 Å². The van der Waals surface area contributed by atoms with Crippen molar-refractivity contribution in [2.45, 2.75) is 27.3 Å². The molecule has 0 N–H and O–H groups in total. The standard InChI is InChI=1S/C13H18BrNO/c1-10-6-12(14)5-4-11(10)7-15-8-13(2,3)9-16-15/h4-6H,7-9H2,1-3H3. The van der Waals surface area contributed by atoms with E-state index in [1.165, 1.54) is 11.1 Å². The average Bonchev–Trinajstić information content (AvgIpc) is 2.51. The van der Waals surface area contributed by atoms with E-state index in [2.05, 4.69) is 60.0 Å². The first-order valence-corrected chi connectivity index (χ1v) is 6.38. The molecular formula is C13H18BrNO. The molecule has 1 aliphatic rings. The van der Waals surface area contributed by atoms with Crippen molar-refractivity contribution in [2.24, 2.45) is 5.41 Å². The maximum atomic E-state index is 5.68. The molecule has 1 aromatic rings. The second kappa shape index (κ2) is 4.47. The van der Waals surface area contributed by atoms with Crippen LogP contribution >= 0.6 is 15.9 Å². The molecule has 0 atom stereocenters.